The van der Waals surface area contributed by atoms with Gasteiger partial charge in [-0.05, 0) is 32.2 Å². The predicted octanol–water partition coefficient (Wildman–Crippen LogP) is 1.48. The molecule has 0 spiro atoms. The molecule has 134 valence electrons. The van der Waals surface area contributed by atoms with Gasteiger partial charge < -0.3 is 15.0 Å². The number of halogens is 2. The molecule has 0 saturated carbocycles. The highest BCUT2D eigenvalue weighted by Gasteiger charge is 2.42. The molecule has 1 aliphatic heterocycles. The number of rotatable bonds is 4. The van der Waals surface area contributed by atoms with E-state index in [4.69, 9.17) is 4.74 Å². The second-order valence-electron chi connectivity index (χ2n) is 5.55. The summed E-state index contributed by atoms with van der Waals surface area (Å²) in [5.74, 6) is 0. The maximum absolute atomic E-state index is 13.0. The van der Waals surface area contributed by atoms with Gasteiger partial charge in [-0.1, -0.05) is 6.07 Å². The molecule has 0 aromatic heterocycles. The summed E-state index contributed by atoms with van der Waals surface area (Å²) >= 11 is 0. The molecular formula is C14H19F2N3O4S. The zero-order valence-electron chi connectivity index (χ0n) is 13.3. The largest absolute Gasteiger partial charge is 0.366 e. The Labute approximate surface area is 139 Å². The van der Waals surface area contributed by atoms with Crippen LogP contribution in [0.15, 0.2) is 29.2 Å². The predicted molar refractivity (Wildman–Crippen MR) is 83.6 cm³/mol. The van der Waals surface area contributed by atoms with Crippen LogP contribution in [0, 0.1) is 0 Å². The van der Waals surface area contributed by atoms with Crippen molar-refractivity contribution < 1.29 is 26.7 Å². The summed E-state index contributed by atoms with van der Waals surface area (Å²) in [6.45, 7) is 1.16. The van der Waals surface area contributed by atoms with Gasteiger partial charge in [0.15, 0.2) is 0 Å². The number of ether oxygens (including phenoxy) is 1. The average molecular weight is 363 g/mol. The number of carbonyl (C=O) groups is 1. The van der Waals surface area contributed by atoms with E-state index in [-0.39, 0.29) is 30.3 Å². The summed E-state index contributed by atoms with van der Waals surface area (Å²) in [6.07, 6.45) is -2.72. The van der Waals surface area contributed by atoms with E-state index in [2.05, 4.69) is 10.0 Å². The summed E-state index contributed by atoms with van der Waals surface area (Å²) in [5, 5.41) is 2.52. The maximum Gasteiger partial charge on any atom is 0.322 e. The number of anilines is 1. The third-order valence-corrected chi connectivity index (χ3v) is 5.12. The summed E-state index contributed by atoms with van der Waals surface area (Å²) < 4.78 is 56.9. The number of carbonyl (C=O) groups excluding carboxylic acids is 1. The smallest absolute Gasteiger partial charge is 0.322 e. The zero-order chi connectivity index (χ0) is 18.0. The summed E-state index contributed by atoms with van der Waals surface area (Å²) in [5.41, 5.74) is -1.46. The van der Waals surface area contributed by atoms with Crippen molar-refractivity contribution in [2.75, 3.05) is 32.1 Å². The van der Waals surface area contributed by atoms with E-state index in [1.807, 2.05) is 0 Å². The van der Waals surface area contributed by atoms with Crippen LogP contribution in [0.5, 0.6) is 0 Å². The molecule has 1 aromatic rings. The van der Waals surface area contributed by atoms with Gasteiger partial charge >= 0.3 is 6.03 Å². The van der Waals surface area contributed by atoms with Crippen molar-refractivity contribution in [3.8, 4) is 0 Å². The molecule has 1 saturated heterocycles. The molecule has 0 bridgehead atoms. The Hall–Kier alpha value is -1.78. The highest BCUT2D eigenvalue weighted by molar-refractivity contribution is 7.89. The second-order valence-corrected chi connectivity index (χ2v) is 7.44. The van der Waals surface area contributed by atoms with Gasteiger partial charge in [-0.25, -0.2) is 26.7 Å². The first kappa shape index (κ1) is 18.6. The Balaban J connectivity index is 2.11. The van der Waals surface area contributed by atoms with Gasteiger partial charge in [0, 0.05) is 12.2 Å². The third-order valence-electron chi connectivity index (χ3n) is 3.71. The number of sulfonamides is 1. The SMILES string of the molecule is CNS(=O)(=O)c1cccc(NC(=O)N2CCOC(C)(C(F)F)C2)c1. The molecule has 1 fully saturated rings. The van der Waals surface area contributed by atoms with Crippen molar-refractivity contribution in [3.63, 3.8) is 0 Å². The fraction of sp³-hybridized carbons (Fsp3) is 0.500. The molecule has 1 atom stereocenters. The molecule has 0 aliphatic carbocycles. The van der Waals surface area contributed by atoms with E-state index in [1.165, 1.54) is 43.1 Å². The normalized spacial score (nSPS) is 21.8. The number of nitrogens with zero attached hydrogens (tertiary/aromatic N) is 1. The monoisotopic (exact) mass is 363 g/mol. The lowest BCUT2D eigenvalue weighted by Crippen LogP contribution is -2.56. The molecule has 2 rings (SSSR count). The Morgan fingerprint density at radius 2 is 2.12 bits per heavy atom. The van der Waals surface area contributed by atoms with Crippen LogP contribution in [0.4, 0.5) is 19.3 Å². The zero-order valence-corrected chi connectivity index (χ0v) is 14.1. The molecule has 1 aliphatic rings. The molecule has 24 heavy (non-hydrogen) atoms. The summed E-state index contributed by atoms with van der Waals surface area (Å²) in [6, 6.07) is 5.06. The van der Waals surface area contributed by atoms with Crippen LogP contribution in [-0.2, 0) is 14.8 Å². The minimum Gasteiger partial charge on any atom is -0.366 e. The average Bonchev–Trinajstić information content (AvgIpc) is 2.55. The molecule has 0 radical (unpaired) electrons. The van der Waals surface area contributed by atoms with E-state index in [0.29, 0.717) is 0 Å². The standard InChI is InChI=1S/C14H19F2N3O4S/c1-14(12(15)16)9-19(6-7-23-14)13(20)18-10-4-3-5-11(8-10)24(21,22)17-2/h3-5,8,12,17H,6-7,9H2,1-2H3,(H,18,20). The van der Waals surface area contributed by atoms with Crippen LogP contribution in [-0.4, -0.2) is 58.1 Å². The van der Waals surface area contributed by atoms with Gasteiger partial charge in [-0.3, -0.25) is 0 Å². The van der Waals surface area contributed by atoms with Gasteiger partial charge in [0.2, 0.25) is 10.0 Å². The van der Waals surface area contributed by atoms with Gasteiger partial charge in [-0.2, -0.15) is 0 Å². The number of morpholine rings is 1. The van der Waals surface area contributed by atoms with Crippen molar-refractivity contribution in [2.24, 2.45) is 0 Å². The fourth-order valence-electron chi connectivity index (χ4n) is 2.26. The number of alkyl halides is 2. The molecule has 2 N–H and O–H groups in total. The minimum atomic E-state index is -3.65. The molecular weight excluding hydrogens is 344 g/mol. The Bertz CT molecular complexity index is 714. The van der Waals surface area contributed by atoms with E-state index < -0.39 is 28.1 Å². The third kappa shape index (κ3) is 4.00. The van der Waals surface area contributed by atoms with E-state index in [1.54, 1.807) is 0 Å². The van der Waals surface area contributed by atoms with Crippen LogP contribution in [0.1, 0.15) is 6.92 Å². The molecule has 1 unspecified atom stereocenters. The van der Waals surface area contributed by atoms with Crippen LogP contribution in [0.25, 0.3) is 0 Å². The lowest BCUT2D eigenvalue weighted by Gasteiger charge is -2.39. The molecule has 1 aromatic carbocycles. The molecule has 7 nitrogen and oxygen atoms in total. The lowest BCUT2D eigenvalue weighted by atomic mass is 10.1. The highest BCUT2D eigenvalue weighted by atomic mass is 32.2. The quantitative estimate of drug-likeness (QED) is 0.848. The highest BCUT2D eigenvalue weighted by Crippen LogP contribution is 2.25. The van der Waals surface area contributed by atoms with Gasteiger partial charge in [0.25, 0.3) is 6.43 Å². The Morgan fingerprint density at radius 1 is 1.42 bits per heavy atom. The topological polar surface area (TPSA) is 87.7 Å². The maximum atomic E-state index is 13.0. The van der Waals surface area contributed by atoms with Crippen LogP contribution in [0.3, 0.4) is 0 Å². The first-order valence-corrected chi connectivity index (χ1v) is 8.68. The van der Waals surface area contributed by atoms with Crippen molar-refractivity contribution in [3.05, 3.63) is 24.3 Å². The van der Waals surface area contributed by atoms with Crippen molar-refractivity contribution in [1.82, 2.24) is 9.62 Å². The number of hydrogen-bond acceptors (Lipinski definition) is 4. The van der Waals surface area contributed by atoms with Crippen LogP contribution < -0.4 is 10.0 Å². The number of urea groups is 1. The molecule has 1 heterocycles. The lowest BCUT2D eigenvalue weighted by molar-refractivity contribution is -0.161. The van der Waals surface area contributed by atoms with Crippen molar-refractivity contribution in [2.45, 2.75) is 23.8 Å². The first-order chi connectivity index (χ1) is 11.2. The van der Waals surface area contributed by atoms with Gasteiger partial charge in [0.1, 0.15) is 5.60 Å². The van der Waals surface area contributed by atoms with E-state index >= 15 is 0 Å². The Kier molecular flexibility index (Phi) is 5.41. The number of nitrogens with one attached hydrogen (secondary N) is 2. The molecule has 2 amide bonds. The fourth-order valence-corrected chi connectivity index (χ4v) is 3.03. The van der Waals surface area contributed by atoms with Gasteiger partial charge in [0.05, 0.1) is 18.0 Å². The minimum absolute atomic E-state index is 0.00241. The number of amides is 2. The number of hydrogen-bond donors (Lipinski definition) is 2. The van der Waals surface area contributed by atoms with Crippen molar-refractivity contribution >= 4 is 21.7 Å². The van der Waals surface area contributed by atoms with Crippen LogP contribution in [0.2, 0.25) is 0 Å². The van der Waals surface area contributed by atoms with Crippen LogP contribution >= 0.6 is 0 Å². The second kappa shape index (κ2) is 6.99. The summed E-state index contributed by atoms with van der Waals surface area (Å²) in [4.78, 5) is 13.5. The van der Waals surface area contributed by atoms with E-state index in [9.17, 15) is 22.0 Å². The van der Waals surface area contributed by atoms with E-state index in [0.717, 1.165) is 0 Å². The Morgan fingerprint density at radius 3 is 2.75 bits per heavy atom. The molecule has 10 heteroatoms. The first-order valence-electron chi connectivity index (χ1n) is 7.19. The van der Waals surface area contributed by atoms with Gasteiger partial charge in [-0.15, -0.1) is 0 Å². The van der Waals surface area contributed by atoms with Crippen molar-refractivity contribution in [1.29, 1.82) is 0 Å². The summed E-state index contributed by atoms with van der Waals surface area (Å²) in [7, 11) is -2.37. The number of benzene rings is 1.